The molecule has 0 aliphatic rings. The molecule has 0 aromatic carbocycles. The molecule has 0 unspecified atom stereocenters. The third-order valence-electron chi connectivity index (χ3n) is 2.14. The summed E-state index contributed by atoms with van der Waals surface area (Å²) in [6.45, 7) is 1.86. The van der Waals surface area contributed by atoms with Gasteiger partial charge in [-0.05, 0) is 13.0 Å². The van der Waals surface area contributed by atoms with E-state index in [4.69, 9.17) is 4.74 Å². The number of carbonyl (C=O) groups excluding carboxylic acids is 1. The Labute approximate surface area is 111 Å². The standard InChI is InChI=1S/C11H12BrF2NO3/c1-2-18-9(16)4-6-3-7(11(13)14)10(17)8(5-12)15-6/h3,11,17H,2,4-5H2,1H3. The van der Waals surface area contributed by atoms with Gasteiger partial charge in [-0.1, -0.05) is 15.9 Å². The van der Waals surface area contributed by atoms with Crippen molar-refractivity contribution in [3.05, 3.63) is 23.0 Å². The summed E-state index contributed by atoms with van der Waals surface area (Å²) in [6.07, 6.45) is -3.03. The zero-order valence-corrected chi connectivity index (χ0v) is 11.2. The van der Waals surface area contributed by atoms with E-state index in [1.54, 1.807) is 6.92 Å². The Balaban J connectivity index is 3.06. The van der Waals surface area contributed by atoms with Crippen molar-refractivity contribution in [1.29, 1.82) is 0 Å². The molecule has 1 heterocycles. The van der Waals surface area contributed by atoms with Gasteiger partial charge in [0.25, 0.3) is 6.43 Å². The number of pyridine rings is 1. The van der Waals surface area contributed by atoms with E-state index in [9.17, 15) is 18.7 Å². The van der Waals surface area contributed by atoms with Crippen LogP contribution in [0.25, 0.3) is 0 Å². The lowest BCUT2D eigenvalue weighted by Crippen LogP contribution is -2.10. The Kier molecular flexibility index (Phi) is 5.46. The Hall–Kier alpha value is -1.24. The summed E-state index contributed by atoms with van der Waals surface area (Å²) in [5.74, 6) is -1.09. The molecule has 0 amide bonds. The van der Waals surface area contributed by atoms with Gasteiger partial charge in [0.2, 0.25) is 0 Å². The summed E-state index contributed by atoms with van der Waals surface area (Å²) in [7, 11) is 0. The number of nitrogens with zero attached hydrogens (tertiary/aromatic N) is 1. The van der Waals surface area contributed by atoms with Gasteiger partial charge >= 0.3 is 5.97 Å². The van der Waals surface area contributed by atoms with Crippen molar-refractivity contribution in [2.24, 2.45) is 0 Å². The van der Waals surface area contributed by atoms with Crippen LogP contribution in [0, 0.1) is 0 Å². The minimum atomic E-state index is -2.83. The third-order valence-corrected chi connectivity index (χ3v) is 2.67. The van der Waals surface area contributed by atoms with Crippen LogP contribution < -0.4 is 0 Å². The number of rotatable bonds is 5. The molecule has 7 heteroatoms. The lowest BCUT2D eigenvalue weighted by Gasteiger charge is -2.10. The molecule has 0 saturated heterocycles. The van der Waals surface area contributed by atoms with Crippen molar-refractivity contribution in [3.63, 3.8) is 0 Å². The highest BCUT2D eigenvalue weighted by atomic mass is 79.9. The normalized spacial score (nSPS) is 10.7. The Morgan fingerprint density at radius 3 is 2.78 bits per heavy atom. The fraction of sp³-hybridized carbons (Fsp3) is 0.455. The van der Waals surface area contributed by atoms with Crippen molar-refractivity contribution < 1.29 is 23.4 Å². The van der Waals surface area contributed by atoms with Gasteiger partial charge in [0, 0.05) is 5.33 Å². The maximum absolute atomic E-state index is 12.7. The van der Waals surface area contributed by atoms with Crippen molar-refractivity contribution >= 4 is 21.9 Å². The van der Waals surface area contributed by atoms with Crippen LogP contribution in [0.15, 0.2) is 6.07 Å². The minimum Gasteiger partial charge on any atom is -0.505 e. The molecule has 0 aliphatic carbocycles. The molecule has 0 bridgehead atoms. The molecule has 0 radical (unpaired) electrons. The van der Waals surface area contributed by atoms with Gasteiger partial charge in [0.05, 0.1) is 30.0 Å². The first kappa shape index (κ1) is 14.8. The van der Waals surface area contributed by atoms with Gasteiger partial charge in [-0.3, -0.25) is 9.78 Å². The average molecular weight is 324 g/mol. The highest BCUT2D eigenvalue weighted by Gasteiger charge is 2.19. The first-order valence-corrected chi connectivity index (χ1v) is 6.33. The molecule has 0 fully saturated rings. The van der Waals surface area contributed by atoms with Gasteiger partial charge in [-0.25, -0.2) is 8.78 Å². The maximum atomic E-state index is 12.7. The molecular formula is C11H12BrF2NO3. The molecule has 18 heavy (non-hydrogen) atoms. The Bertz CT molecular complexity index is 441. The summed E-state index contributed by atoms with van der Waals surface area (Å²) < 4.78 is 30.1. The van der Waals surface area contributed by atoms with Gasteiger partial charge < -0.3 is 9.84 Å². The Morgan fingerprint density at radius 2 is 2.28 bits per heavy atom. The van der Waals surface area contributed by atoms with Crippen LogP contribution in [0.5, 0.6) is 5.75 Å². The van der Waals surface area contributed by atoms with Gasteiger partial charge in [0.1, 0.15) is 5.75 Å². The van der Waals surface area contributed by atoms with E-state index in [1.807, 2.05) is 0 Å². The number of ether oxygens (including phenoxy) is 1. The van der Waals surface area contributed by atoms with Gasteiger partial charge in [-0.15, -0.1) is 0 Å². The average Bonchev–Trinajstić information content (AvgIpc) is 2.31. The van der Waals surface area contributed by atoms with Crippen molar-refractivity contribution in [2.75, 3.05) is 6.61 Å². The van der Waals surface area contributed by atoms with Crippen molar-refractivity contribution in [1.82, 2.24) is 4.98 Å². The van der Waals surface area contributed by atoms with E-state index in [0.29, 0.717) is 0 Å². The number of alkyl halides is 3. The zero-order chi connectivity index (χ0) is 13.7. The van der Waals surface area contributed by atoms with Crippen LogP contribution in [0.4, 0.5) is 8.78 Å². The lowest BCUT2D eigenvalue weighted by atomic mass is 10.1. The molecule has 1 N–H and O–H groups in total. The van der Waals surface area contributed by atoms with Crippen LogP contribution in [0.3, 0.4) is 0 Å². The van der Waals surface area contributed by atoms with Gasteiger partial charge in [0.15, 0.2) is 0 Å². The zero-order valence-electron chi connectivity index (χ0n) is 9.62. The smallest absolute Gasteiger partial charge is 0.311 e. The molecule has 0 spiro atoms. The topological polar surface area (TPSA) is 59.4 Å². The number of hydrogen-bond acceptors (Lipinski definition) is 4. The van der Waals surface area contributed by atoms with Crippen molar-refractivity contribution in [3.8, 4) is 5.75 Å². The number of carbonyl (C=O) groups is 1. The van der Waals surface area contributed by atoms with Gasteiger partial charge in [-0.2, -0.15) is 0 Å². The molecule has 0 aliphatic heterocycles. The minimum absolute atomic E-state index is 0.0760. The van der Waals surface area contributed by atoms with E-state index in [2.05, 4.69) is 20.9 Å². The molecule has 1 rings (SSSR count). The van der Waals surface area contributed by atoms with Crippen LogP contribution in [0.1, 0.15) is 30.3 Å². The summed E-state index contributed by atoms with van der Waals surface area (Å²) in [5.41, 5.74) is -0.304. The fourth-order valence-electron chi connectivity index (χ4n) is 1.38. The first-order valence-electron chi connectivity index (χ1n) is 5.21. The first-order chi connectivity index (χ1) is 8.49. The van der Waals surface area contributed by atoms with Crippen LogP contribution in [-0.2, 0) is 21.3 Å². The second-order valence-corrected chi connectivity index (χ2v) is 3.97. The summed E-state index contributed by atoms with van der Waals surface area (Å²) in [5, 5.41) is 9.65. The number of esters is 1. The monoisotopic (exact) mass is 323 g/mol. The van der Waals surface area contributed by atoms with E-state index in [-0.39, 0.29) is 29.7 Å². The van der Waals surface area contributed by atoms with E-state index in [1.165, 1.54) is 0 Å². The van der Waals surface area contributed by atoms with Crippen LogP contribution >= 0.6 is 15.9 Å². The van der Waals surface area contributed by atoms with E-state index < -0.39 is 23.7 Å². The third kappa shape index (κ3) is 3.63. The van der Waals surface area contributed by atoms with Crippen LogP contribution in [-0.4, -0.2) is 22.7 Å². The summed E-state index contributed by atoms with van der Waals surface area (Å²) in [4.78, 5) is 15.2. The fourth-order valence-corrected chi connectivity index (χ4v) is 1.77. The highest BCUT2D eigenvalue weighted by molar-refractivity contribution is 9.08. The molecule has 0 atom stereocenters. The summed E-state index contributed by atoms with van der Waals surface area (Å²) >= 11 is 3.04. The summed E-state index contributed by atoms with van der Waals surface area (Å²) in [6, 6.07) is 1.02. The number of hydrogen-bond donors (Lipinski definition) is 1. The second-order valence-electron chi connectivity index (χ2n) is 3.41. The lowest BCUT2D eigenvalue weighted by molar-refractivity contribution is -0.142. The number of halogens is 3. The maximum Gasteiger partial charge on any atom is 0.311 e. The quantitative estimate of drug-likeness (QED) is 0.668. The molecule has 0 saturated carbocycles. The predicted octanol–water partition coefficient (Wildman–Crippen LogP) is 2.73. The van der Waals surface area contributed by atoms with Crippen LogP contribution in [0.2, 0.25) is 0 Å². The van der Waals surface area contributed by atoms with E-state index >= 15 is 0 Å². The second kappa shape index (κ2) is 6.63. The molecule has 4 nitrogen and oxygen atoms in total. The molecule has 1 aromatic rings. The van der Waals surface area contributed by atoms with Crippen molar-refractivity contribution in [2.45, 2.75) is 25.1 Å². The SMILES string of the molecule is CCOC(=O)Cc1cc(C(F)F)c(O)c(CBr)n1. The molecule has 100 valence electrons. The van der Waals surface area contributed by atoms with E-state index in [0.717, 1.165) is 6.07 Å². The molecule has 1 aromatic heterocycles. The highest BCUT2D eigenvalue weighted by Crippen LogP contribution is 2.32. The molecular weight excluding hydrogens is 312 g/mol. The Morgan fingerprint density at radius 1 is 1.61 bits per heavy atom. The predicted molar refractivity (Wildman–Crippen MR) is 63.8 cm³/mol. The largest absolute Gasteiger partial charge is 0.505 e. The number of aromatic hydroxyl groups is 1. The number of aromatic nitrogens is 1.